The molecule has 3 heteroatoms. The van der Waals surface area contributed by atoms with E-state index < -0.39 is 0 Å². The highest BCUT2D eigenvalue weighted by atomic mass is 79.9. The minimum atomic E-state index is -0.0348. The predicted molar refractivity (Wildman–Crippen MR) is 113 cm³/mol. The van der Waals surface area contributed by atoms with E-state index in [1.54, 1.807) is 0 Å². The molecule has 0 saturated heterocycles. The fraction of sp³-hybridized carbons (Fsp3) is 0.952. The van der Waals surface area contributed by atoms with E-state index in [0.717, 1.165) is 11.8 Å². The average Bonchev–Trinajstić information content (AvgIpc) is 2.62. The van der Waals surface area contributed by atoms with Crippen molar-refractivity contribution in [2.24, 2.45) is 0 Å². The number of ether oxygens (including phenoxy) is 1. The lowest BCUT2D eigenvalue weighted by atomic mass is 10.0. The highest BCUT2D eigenvalue weighted by Gasteiger charge is 2.00. The van der Waals surface area contributed by atoms with Gasteiger partial charge in [-0.15, -0.1) is 0 Å². The molecule has 0 aliphatic carbocycles. The Bertz CT molecular complexity index is 208. The molecule has 2 nitrogen and oxygen atoms in total. The van der Waals surface area contributed by atoms with Crippen LogP contribution in [0.15, 0.2) is 0 Å². The van der Waals surface area contributed by atoms with Gasteiger partial charge in [-0.3, -0.25) is 4.79 Å². The molecule has 0 aromatic heterocycles. The standard InChI is InChI=1S/C17H33BrO2.2C2H6/c1-2-20-17(19)15-13-11-9-7-5-3-4-6-8-10-12-14-16-18;2*1-2/h2-16H2,1H3;2*1-2H3. The van der Waals surface area contributed by atoms with Gasteiger partial charge < -0.3 is 4.74 Å². The van der Waals surface area contributed by atoms with Gasteiger partial charge in [0, 0.05) is 11.8 Å². The molecule has 0 radical (unpaired) electrons. The summed E-state index contributed by atoms with van der Waals surface area (Å²) in [5.74, 6) is -0.0348. The molecular formula is C21H45BrO2. The molecular weight excluding hydrogens is 364 g/mol. The monoisotopic (exact) mass is 408 g/mol. The maximum Gasteiger partial charge on any atom is 0.305 e. The van der Waals surface area contributed by atoms with Gasteiger partial charge in [-0.2, -0.15) is 0 Å². The zero-order chi connectivity index (χ0) is 18.9. The normalized spacial score (nSPS) is 9.42. The van der Waals surface area contributed by atoms with Crippen molar-refractivity contribution in [1.29, 1.82) is 0 Å². The molecule has 0 rings (SSSR count). The maximum atomic E-state index is 11.1. The zero-order valence-corrected chi connectivity index (χ0v) is 18.9. The molecule has 0 spiro atoms. The molecule has 0 heterocycles. The number of unbranched alkanes of at least 4 members (excludes halogenated alkanes) is 11. The van der Waals surface area contributed by atoms with Gasteiger partial charge in [0.25, 0.3) is 0 Å². The van der Waals surface area contributed by atoms with E-state index in [1.807, 2.05) is 34.6 Å². The van der Waals surface area contributed by atoms with E-state index in [1.165, 1.54) is 70.6 Å². The van der Waals surface area contributed by atoms with Gasteiger partial charge in [0.15, 0.2) is 0 Å². The van der Waals surface area contributed by atoms with Gasteiger partial charge in [0.05, 0.1) is 6.61 Å². The Hall–Kier alpha value is -0.0500. The summed E-state index contributed by atoms with van der Waals surface area (Å²) in [6.07, 6.45) is 16.4. The molecule has 0 atom stereocenters. The second-order valence-corrected chi connectivity index (χ2v) is 6.28. The van der Waals surface area contributed by atoms with Gasteiger partial charge in [-0.25, -0.2) is 0 Å². The maximum absolute atomic E-state index is 11.1. The Kier molecular flexibility index (Phi) is 36.9. The summed E-state index contributed by atoms with van der Waals surface area (Å²) in [5.41, 5.74) is 0. The van der Waals surface area contributed by atoms with E-state index >= 15 is 0 Å². The summed E-state index contributed by atoms with van der Waals surface area (Å²) < 4.78 is 4.91. The fourth-order valence-corrected chi connectivity index (χ4v) is 2.76. The summed E-state index contributed by atoms with van der Waals surface area (Å²) in [6.45, 7) is 10.4. The van der Waals surface area contributed by atoms with Crippen LogP contribution in [0.1, 0.15) is 118 Å². The van der Waals surface area contributed by atoms with Crippen molar-refractivity contribution in [3.63, 3.8) is 0 Å². The van der Waals surface area contributed by atoms with Gasteiger partial charge in [-0.1, -0.05) is 108 Å². The first kappa shape index (κ1) is 28.7. The number of rotatable bonds is 15. The third-order valence-electron chi connectivity index (χ3n) is 3.57. The topological polar surface area (TPSA) is 26.3 Å². The number of carbonyl (C=O) groups excluding carboxylic acids is 1. The van der Waals surface area contributed by atoms with E-state index in [2.05, 4.69) is 15.9 Å². The second kappa shape index (κ2) is 30.8. The first-order valence-electron chi connectivity index (χ1n) is 10.5. The van der Waals surface area contributed by atoms with Crippen LogP contribution in [0.4, 0.5) is 0 Å². The summed E-state index contributed by atoms with van der Waals surface area (Å²) >= 11 is 3.47. The molecule has 0 unspecified atom stereocenters. The summed E-state index contributed by atoms with van der Waals surface area (Å²) in [4.78, 5) is 11.1. The van der Waals surface area contributed by atoms with Crippen molar-refractivity contribution in [3.8, 4) is 0 Å². The van der Waals surface area contributed by atoms with Crippen molar-refractivity contribution in [3.05, 3.63) is 0 Å². The minimum Gasteiger partial charge on any atom is -0.466 e. The number of carbonyl (C=O) groups is 1. The van der Waals surface area contributed by atoms with E-state index in [9.17, 15) is 4.79 Å². The Labute approximate surface area is 161 Å². The molecule has 0 bridgehead atoms. The van der Waals surface area contributed by atoms with Crippen LogP contribution >= 0.6 is 15.9 Å². The summed E-state index contributed by atoms with van der Waals surface area (Å²) in [5, 5.41) is 1.16. The Morgan fingerprint density at radius 1 is 0.667 bits per heavy atom. The fourth-order valence-electron chi connectivity index (χ4n) is 2.36. The van der Waals surface area contributed by atoms with Crippen molar-refractivity contribution in [2.45, 2.75) is 118 Å². The molecule has 0 aromatic carbocycles. The molecule has 0 aliphatic heterocycles. The molecule has 0 fully saturated rings. The Morgan fingerprint density at radius 2 is 1.00 bits per heavy atom. The van der Waals surface area contributed by atoms with Crippen LogP contribution in [-0.4, -0.2) is 17.9 Å². The lowest BCUT2D eigenvalue weighted by Gasteiger charge is -2.03. The van der Waals surface area contributed by atoms with Crippen LogP contribution < -0.4 is 0 Å². The van der Waals surface area contributed by atoms with Crippen LogP contribution in [0.25, 0.3) is 0 Å². The van der Waals surface area contributed by atoms with Gasteiger partial charge >= 0.3 is 5.97 Å². The third kappa shape index (κ3) is 29.9. The molecule has 0 saturated carbocycles. The van der Waals surface area contributed by atoms with Gasteiger partial charge in [0.1, 0.15) is 0 Å². The number of halogens is 1. The van der Waals surface area contributed by atoms with E-state index in [4.69, 9.17) is 4.74 Å². The molecule has 0 aromatic rings. The molecule has 0 N–H and O–H groups in total. The Balaban J connectivity index is -0.00000102. The minimum absolute atomic E-state index is 0.0348. The molecule has 24 heavy (non-hydrogen) atoms. The number of hydrogen-bond acceptors (Lipinski definition) is 2. The van der Waals surface area contributed by atoms with Crippen molar-refractivity contribution < 1.29 is 9.53 Å². The number of alkyl halides is 1. The predicted octanol–water partition coefficient (Wildman–Crippen LogP) is 8.07. The van der Waals surface area contributed by atoms with E-state index in [0.29, 0.717) is 13.0 Å². The number of hydrogen-bond donors (Lipinski definition) is 0. The smallest absolute Gasteiger partial charge is 0.305 e. The van der Waals surface area contributed by atoms with Crippen LogP contribution in [0.2, 0.25) is 0 Å². The summed E-state index contributed by atoms with van der Waals surface area (Å²) in [6, 6.07) is 0. The lowest BCUT2D eigenvalue weighted by Crippen LogP contribution is -2.03. The second-order valence-electron chi connectivity index (χ2n) is 5.49. The quantitative estimate of drug-likeness (QED) is 0.155. The van der Waals surface area contributed by atoms with Crippen molar-refractivity contribution in [2.75, 3.05) is 11.9 Å². The first-order valence-corrected chi connectivity index (χ1v) is 11.6. The van der Waals surface area contributed by atoms with Crippen LogP contribution in [0, 0.1) is 0 Å². The molecule has 0 amide bonds. The van der Waals surface area contributed by atoms with Crippen LogP contribution in [-0.2, 0) is 9.53 Å². The third-order valence-corrected chi connectivity index (χ3v) is 4.13. The van der Waals surface area contributed by atoms with Crippen LogP contribution in [0.5, 0.6) is 0 Å². The molecule has 148 valence electrons. The van der Waals surface area contributed by atoms with Crippen molar-refractivity contribution in [1.82, 2.24) is 0 Å². The average molecular weight is 409 g/mol. The molecule has 0 aliphatic rings. The SMILES string of the molecule is CC.CC.CCOC(=O)CCCCCCCCCCCCCCBr. The van der Waals surface area contributed by atoms with Gasteiger partial charge in [-0.05, 0) is 19.8 Å². The highest BCUT2D eigenvalue weighted by molar-refractivity contribution is 9.09. The Morgan fingerprint density at radius 3 is 1.33 bits per heavy atom. The van der Waals surface area contributed by atoms with Crippen LogP contribution in [0.3, 0.4) is 0 Å². The van der Waals surface area contributed by atoms with Gasteiger partial charge in [0.2, 0.25) is 0 Å². The largest absolute Gasteiger partial charge is 0.466 e. The summed E-state index contributed by atoms with van der Waals surface area (Å²) in [7, 11) is 0. The number of esters is 1. The first-order chi connectivity index (χ1) is 11.8. The van der Waals surface area contributed by atoms with Crippen molar-refractivity contribution >= 4 is 21.9 Å². The van der Waals surface area contributed by atoms with E-state index in [-0.39, 0.29) is 5.97 Å². The zero-order valence-electron chi connectivity index (χ0n) is 17.3. The lowest BCUT2D eigenvalue weighted by molar-refractivity contribution is -0.143. The highest BCUT2D eigenvalue weighted by Crippen LogP contribution is 2.12.